The van der Waals surface area contributed by atoms with E-state index in [0.29, 0.717) is 5.92 Å². The highest BCUT2D eigenvalue weighted by Gasteiger charge is 2.10. The molecule has 1 aliphatic heterocycles. The van der Waals surface area contributed by atoms with Crippen molar-refractivity contribution in [2.24, 2.45) is 5.92 Å². The summed E-state index contributed by atoms with van der Waals surface area (Å²) in [6, 6.07) is 4.37. The summed E-state index contributed by atoms with van der Waals surface area (Å²) in [5, 5.41) is 3.36. The molecule has 3 nitrogen and oxygen atoms in total. The average molecular weight is 219 g/mol. The molecule has 0 radical (unpaired) electrons. The van der Waals surface area contributed by atoms with E-state index < -0.39 is 0 Å². The molecule has 0 bridgehead atoms. The molecule has 2 heterocycles. The molecule has 1 saturated heterocycles. The summed E-state index contributed by atoms with van der Waals surface area (Å²) in [5.74, 6) is 0.678. The Labute approximate surface area is 97.9 Å². The fraction of sp³-hybridized carbons (Fsp3) is 0.615. The minimum absolute atomic E-state index is 0.678. The van der Waals surface area contributed by atoms with E-state index in [9.17, 15) is 0 Å². The van der Waals surface area contributed by atoms with Crippen LogP contribution < -0.4 is 10.2 Å². The minimum atomic E-state index is 0.678. The zero-order valence-electron chi connectivity index (χ0n) is 10.2. The lowest BCUT2D eigenvalue weighted by atomic mass is 10.1. The Morgan fingerprint density at radius 3 is 2.62 bits per heavy atom. The molecule has 1 aromatic rings. The third-order valence-corrected chi connectivity index (χ3v) is 2.91. The van der Waals surface area contributed by atoms with E-state index in [1.165, 1.54) is 11.4 Å². The van der Waals surface area contributed by atoms with Gasteiger partial charge in [0.25, 0.3) is 0 Å². The molecule has 0 spiro atoms. The van der Waals surface area contributed by atoms with Gasteiger partial charge in [-0.1, -0.05) is 13.8 Å². The van der Waals surface area contributed by atoms with Crippen molar-refractivity contribution >= 4 is 5.69 Å². The molecular formula is C13H21N3. The Morgan fingerprint density at radius 1 is 1.31 bits per heavy atom. The molecule has 3 heteroatoms. The SMILES string of the molecule is CC(C)Cc1ccc(N2CCNCC2)cn1. The number of rotatable bonds is 3. The molecule has 2 rings (SSSR count). The molecule has 1 aromatic heterocycles. The number of hydrogen-bond acceptors (Lipinski definition) is 3. The Morgan fingerprint density at radius 2 is 2.06 bits per heavy atom. The van der Waals surface area contributed by atoms with Gasteiger partial charge in [-0.25, -0.2) is 0 Å². The molecule has 0 aromatic carbocycles. The van der Waals surface area contributed by atoms with Crippen LogP contribution in [0.5, 0.6) is 0 Å². The van der Waals surface area contributed by atoms with Gasteiger partial charge in [0.15, 0.2) is 0 Å². The molecule has 1 fully saturated rings. The summed E-state index contributed by atoms with van der Waals surface area (Å²) in [6.45, 7) is 8.79. The van der Waals surface area contributed by atoms with Crippen molar-refractivity contribution in [2.75, 3.05) is 31.1 Å². The van der Waals surface area contributed by atoms with Crippen molar-refractivity contribution in [1.29, 1.82) is 0 Å². The van der Waals surface area contributed by atoms with Gasteiger partial charge in [0.2, 0.25) is 0 Å². The maximum Gasteiger partial charge on any atom is 0.0553 e. The fourth-order valence-corrected chi connectivity index (χ4v) is 2.07. The number of piperazine rings is 1. The molecule has 88 valence electrons. The van der Waals surface area contributed by atoms with E-state index in [1.54, 1.807) is 0 Å². The van der Waals surface area contributed by atoms with Crippen LogP contribution in [0.1, 0.15) is 19.5 Å². The molecule has 16 heavy (non-hydrogen) atoms. The van der Waals surface area contributed by atoms with E-state index >= 15 is 0 Å². The monoisotopic (exact) mass is 219 g/mol. The van der Waals surface area contributed by atoms with Crippen LogP contribution in [-0.2, 0) is 6.42 Å². The summed E-state index contributed by atoms with van der Waals surface area (Å²) in [5.41, 5.74) is 2.46. The predicted molar refractivity (Wildman–Crippen MR) is 67.9 cm³/mol. The first-order valence-electron chi connectivity index (χ1n) is 6.16. The van der Waals surface area contributed by atoms with Crippen LogP contribution in [0.4, 0.5) is 5.69 Å². The molecule has 0 saturated carbocycles. The smallest absolute Gasteiger partial charge is 0.0553 e. The van der Waals surface area contributed by atoms with Gasteiger partial charge in [-0.2, -0.15) is 0 Å². The summed E-state index contributed by atoms with van der Waals surface area (Å²) in [6.07, 6.45) is 3.09. The quantitative estimate of drug-likeness (QED) is 0.838. The third-order valence-electron chi connectivity index (χ3n) is 2.91. The van der Waals surface area contributed by atoms with Crippen molar-refractivity contribution in [1.82, 2.24) is 10.3 Å². The van der Waals surface area contributed by atoms with E-state index in [4.69, 9.17) is 0 Å². The molecule has 0 atom stereocenters. The van der Waals surface area contributed by atoms with Gasteiger partial charge in [-0.15, -0.1) is 0 Å². The van der Waals surface area contributed by atoms with E-state index in [1.807, 2.05) is 6.20 Å². The van der Waals surface area contributed by atoms with Crippen molar-refractivity contribution in [3.8, 4) is 0 Å². The van der Waals surface area contributed by atoms with Gasteiger partial charge < -0.3 is 10.2 Å². The topological polar surface area (TPSA) is 28.2 Å². The summed E-state index contributed by atoms with van der Waals surface area (Å²) in [7, 11) is 0. The Balaban J connectivity index is 2.00. The molecule has 0 amide bonds. The lowest BCUT2D eigenvalue weighted by molar-refractivity contribution is 0.588. The first-order chi connectivity index (χ1) is 7.75. The standard InChI is InChI=1S/C13H21N3/c1-11(2)9-12-3-4-13(10-15-12)16-7-5-14-6-8-16/h3-4,10-11,14H,5-9H2,1-2H3. The predicted octanol–water partition coefficient (Wildman–Crippen LogP) is 1.69. The van der Waals surface area contributed by atoms with Gasteiger partial charge in [0.1, 0.15) is 0 Å². The van der Waals surface area contributed by atoms with Crippen LogP contribution in [0.2, 0.25) is 0 Å². The highest BCUT2D eigenvalue weighted by atomic mass is 15.2. The van der Waals surface area contributed by atoms with Gasteiger partial charge in [-0.3, -0.25) is 4.98 Å². The Kier molecular flexibility index (Phi) is 3.78. The van der Waals surface area contributed by atoms with E-state index in [-0.39, 0.29) is 0 Å². The molecule has 1 aliphatic rings. The number of nitrogens with zero attached hydrogens (tertiary/aromatic N) is 2. The van der Waals surface area contributed by atoms with Gasteiger partial charge >= 0.3 is 0 Å². The zero-order valence-corrected chi connectivity index (χ0v) is 10.2. The normalized spacial score (nSPS) is 16.8. The number of nitrogens with one attached hydrogen (secondary N) is 1. The van der Waals surface area contributed by atoms with Crippen molar-refractivity contribution in [2.45, 2.75) is 20.3 Å². The Hall–Kier alpha value is -1.09. The van der Waals surface area contributed by atoms with Crippen molar-refractivity contribution < 1.29 is 0 Å². The first kappa shape index (κ1) is 11.4. The number of pyridine rings is 1. The van der Waals surface area contributed by atoms with Crippen molar-refractivity contribution in [3.63, 3.8) is 0 Å². The minimum Gasteiger partial charge on any atom is -0.368 e. The number of anilines is 1. The maximum atomic E-state index is 4.53. The van der Waals surface area contributed by atoms with Gasteiger partial charge in [0.05, 0.1) is 11.9 Å². The number of hydrogen-bond donors (Lipinski definition) is 1. The van der Waals surface area contributed by atoms with E-state index in [2.05, 4.69) is 41.2 Å². The second kappa shape index (κ2) is 5.30. The van der Waals surface area contributed by atoms with Crippen LogP contribution in [0.25, 0.3) is 0 Å². The highest BCUT2D eigenvalue weighted by molar-refractivity contribution is 5.45. The number of aromatic nitrogens is 1. The van der Waals surface area contributed by atoms with Gasteiger partial charge in [0, 0.05) is 31.9 Å². The van der Waals surface area contributed by atoms with Crippen LogP contribution in [0, 0.1) is 5.92 Å². The van der Waals surface area contributed by atoms with Crippen molar-refractivity contribution in [3.05, 3.63) is 24.0 Å². The van der Waals surface area contributed by atoms with Crippen LogP contribution in [0.15, 0.2) is 18.3 Å². The average Bonchev–Trinajstić information content (AvgIpc) is 2.30. The zero-order chi connectivity index (χ0) is 11.4. The summed E-state index contributed by atoms with van der Waals surface area (Å²) >= 11 is 0. The van der Waals surface area contributed by atoms with Gasteiger partial charge in [-0.05, 0) is 24.5 Å². The van der Waals surface area contributed by atoms with Crippen LogP contribution >= 0.6 is 0 Å². The summed E-state index contributed by atoms with van der Waals surface area (Å²) in [4.78, 5) is 6.92. The first-order valence-corrected chi connectivity index (χ1v) is 6.16. The second-order valence-electron chi connectivity index (χ2n) is 4.84. The fourth-order valence-electron chi connectivity index (χ4n) is 2.07. The largest absolute Gasteiger partial charge is 0.368 e. The maximum absolute atomic E-state index is 4.53. The molecule has 1 N–H and O–H groups in total. The van der Waals surface area contributed by atoms with E-state index in [0.717, 1.165) is 32.6 Å². The van der Waals surface area contributed by atoms with Crippen LogP contribution in [0.3, 0.4) is 0 Å². The highest BCUT2D eigenvalue weighted by Crippen LogP contribution is 2.15. The Bertz CT molecular complexity index is 312. The lowest BCUT2D eigenvalue weighted by Gasteiger charge is -2.29. The third kappa shape index (κ3) is 2.95. The van der Waals surface area contributed by atoms with Crippen LogP contribution in [-0.4, -0.2) is 31.2 Å². The summed E-state index contributed by atoms with van der Waals surface area (Å²) < 4.78 is 0. The molecule has 0 unspecified atom stereocenters. The lowest BCUT2D eigenvalue weighted by Crippen LogP contribution is -2.43. The molecular weight excluding hydrogens is 198 g/mol. The molecule has 0 aliphatic carbocycles. The second-order valence-corrected chi connectivity index (χ2v) is 4.84.